The second kappa shape index (κ2) is 7.15. The molecule has 1 aromatic carbocycles. The number of benzene rings is 1. The minimum absolute atomic E-state index is 0.0986. The van der Waals surface area contributed by atoms with Crippen molar-refractivity contribution in [3.63, 3.8) is 0 Å². The molecule has 0 aliphatic carbocycles. The predicted molar refractivity (Wildman–Crippen MR) is 73.2 cm³/mol. The maximum atomic E-state index is 9.24. The first-order valence-corrected chi connectivity index (χ1v) is 6.45. The Labute approximate surface area is 109 Å². The minimum atomic E-state index is -0.143. The summed E-state index contributed by atoms with van der Waals surface area (Å²) in [5.74, 6) is -0.143. The van der Waals surface area contributed by atoms with Crippen molar-refractivity contribution in [1.29, 1.82) is 5.26 Å². The zero-order valence-electron chi connectivity index (χ0n) is 11.2. The van der Waals surface area contributed by atoms with Gasteiger partial charge in [-0.3, -0.25) is 0 Å². The third-order valence-corrected chi connectivity index (χ3v) is 3.53. The molecule has 2 N–H and O–H groups in total. The maximum Gasteiger partial charge on any atom is 0.0837 e. The summed E-state index contributed by atoms with van der Waals surface area (Å²) in [7, 11) is 0. The molecule has 2 atom stereocenters. The highest BCUT2D eigenvalue weighted by Gasteiger charge is 2.22. The molecule has 0 bridgehead atoms. The molecule has 18 heavy (non-hydrogen) atoms. The fraction of sp³-hybridized carbons (Fsp3) is 0.533. The highest BCUT2D eigenvalue weighted by atomic mass is 16.3. The van der Waals surface area contributed by atoms with Gasteiger partial charge in [0.05, 0.1) is 12.0 Å². The van der Waals surface area contributed by atoms with Crippen LogP contribution < -0.4 is 5.32 Å². The third kappa shape index (κ3) is 4.14. The molecule has 0 amide bonds. The van der Waals surface area contributed by atoms with Crippen LogP contribution in [-0.4, -0.2) is 23.8 Å². The summed E-state index contributed by atoms with van der Waals surface area (Å²) in [4.78, 5) is 0. The quantitative estimate of drug-likeness (QED) is 0.777. The van der Waals surface area contributed by atoms with Crippen molar-refractivity contribution >= 4 is 0 Å². The third-order valence-electron chi connectivity index (χ3n) is 3.53. The van der Waals surface area contributed by atoms with E-state index < -0.39 is 0 Å². The smallest absolute Gasteiger partial charge is 0.0837 e. The van der Waals surface area contributed by atoms with Crippen molar-refractivity contribution in [2.24, 2.45) is 0 Å². The van der Waals surface area contributed by atoms with Crippen molar-refractivity contribution in [1.82, 2.24) is 5.32 Å². The Morgan fingerprint density at radius 1 is 1.39 bits per heavy atom. The number of rotatable bonds is 7. The van der Waals surface area contributed by atoms with Gasteiger partial charge in [0.2, 0.25) is 0 Å². The number of hydrogen-bond donors (Lipinski definition) is 2. The molecule has 98 valence electrons. The average Bonchev–Trinajstić information content (AvgIpc) is 2.41. The lowest BCUT2D eigenvalue weighted by Crippen LogP contribution is -2.44. The van der Waals surface area contributed by atoms with E-state index in [0.29, 0.717) is 13.0 Å². The number of nitriles is 1. The van der Waals surface area contributed by atoms with Gasteiger partial charge in [-0.1, -0.05) is 37.3 Å². The monoisotopic (exact) mass is 246 g/mol. The Morgan fingerprint density at radius 2 is 2.06 bits per heavy atom. The van der Waals surface area contributed by atoms with Crippen molar-refractivity contribution < 1.29 is 5.11 Å². The van der Waals surface area contributed by atoms with E-state index in [-0.39, 0.29) is 18.1 Å². The topological polar surface area (TPSA) is 56.0 Å². The molecule has 3 nitrogen and oxygen atoms in total. The van der Waals surface area contributed by atoms with Gasteiger partial charge in [0.15, 0.2) is 0 Å². The maximum absolute atomic E-state index is 9.24. The van der Waals surface area contributed by atoms with E-state index in [2.05, 4.69) is 25.2 Å². The lowest BCUT2D eigenvalue weighted by Gasteiger charge is -2.30. The summed E-state index contributed by atoms with van der Waals surface area (Å²) in [6.07, 6.45) is 1.64. The first kappa shape index (κ1) is 14.7. The number of nitrogens with zero attached hydrogens (tertiary/aromatic N) is 1. The van der Waals surface area contributed by atoms with E-state index in [1.807, 2.05) is 30.3 Å². The van der Waals surface area contributed by atoms with Crippen molar-refractivity contribution in [2.45, 2.75) is 38.1 Å². The molecule has 0 saturated carbocycles. The number of hydrogen-bond acceptors (Lipinski definition) is 3. The molecular formula is C15H22N2O. The molecule has 0 fully saturated rings. The van der Waals surface area contributed by atoms with E-state index in [9.17, 15) is 5.26 Å². The highest BCUT2D eigenvalue weighted by Crippen LogP contribution is 2.18. The van der Waals surface area contributed by atoms with Crippen LogP contribution in [0.3, 0.4) is 0 Å². The zero-order valence-corrected chi connectivity index (χ0v) is 11.2. The van der Waals surface area contributed by atoms with Gasteiger partial charge in [-0.25, -0.2) is 0 Å². The summed E-state index contributed by atoms with van der Waals surface area (Å²) < 4.78 is 0. The van der Waals surface area contributed by atoms with E-state index in [0.717, 1.165) is 12.0 Å². The minimum Gasteiger partial charge on any atom is -0.396 e. The fourth-order valence-corrected chi connectivity index (χ4v) is 1.91. The summed E-state index contributed by atoms with van der Waals surface area (Å²) >= 11 is 0. The molecule has 0 radical (unpaired) electrons. The van der Waals surface area contributed by atoms with Gasteiger partial charge in [-0.2, -0.15) is 5.26 Å². The van der Waals surface area contributed by atoms with Crippen LogP contribution in [0.15, 0.2) is 30.3 Å². The number of aliphatic hydroxyl groups is 1. The van der Waals surface area contributed by atoms with Crippen molar-refractivity contribution in [3.8, 4) is 6.07 Å². The Morgan fingerprint density at radius 3 is 2.56 bits per heavy atom. The van der Waals surface area contributed by atoms with Gasteiger partial charge in [-0.15, -0.1) is 0 Å². The molecule has 0 saturated heterocycles. The van der Waals surface area contributed by atoms with Crippen LogP contribution in [0.4, 0.5) is 0 Å². The van der Waals surface area contributed by atoms with E-state index in [1.165, 1.54) is 0 Å². The Hall–Kier alpha value is -1.37. The van der Waals surface area contributed by atoms with Crippen LogP contribution >= 0.6 is 0 Å². The Kier molecular flexibility index (Phi) is 5.84. The molecule has 0 spiro atoms. The molecule has 3 heteroatoms. The molecule has 1 rings (SSSR count). The van der Waals surface area contributed by atoms with Gasteiger partial charge in [-0.05, 0) is 25.3 Å². The van der Waals surface area contributed by atoms with E-state index in [4.69, 9.17) is 5.11 Å². The molecule has 0 aliphatic rings. The molecule has 1 aromatic rings. The summed E-state index contributed by atoms with van der Waals surface area (Å²) in [6.45, 7) is 4.96. The van der Waals surface area contributed by atoms with Crippen molar-refractivity contribution in [3.05, 3.63) is 35.9 Å². The molecule has 0 aliphatic heterocycles. The van der Waals surface area contributed by atoms with Crippen molar-refractivity contribution in [2.75, 3.05) is 13.2 Å². The first-order chi connectivity index (χ1) is 8.65. The Bertz CT molecular complexity index is 385. The SMILES string of the molecule is CCC(C)(CCO)NCC(C#N)c1ccccc1. The highest BCUT2D eigenvalue weighted by molar-refractivity contribution is 5.25. The predicted octanol–water partition coefficient (Wildman–Crippen LogP) is 2.43. The van der Waals surface area contributed by atoms with Gasteiger partial charge in [0.1, 0.15) is 0 Å². The van der Waals surface area contributed by atoms with Crippen LogP contribution in [0.1, 0.15) is 38.2 Å². The standard InChI is InChI=1S/C15H22N2O/c1-3-15(2,9-10-18)17-12-14(11-16)13-7-5-4-6-8-13/h4-8,14,17-18H,3,9-10,12H2,1-2H3. The Balaban J connectivity index is 2.63. The molecule has 2 unspecified atom stereocenters. The average molecular weight is 246 g/mol. The van der Waals surface area contributed by atoms with Gasteiger partial charge >= 0.3 is 0 Å². The second-order valence-electron chi connectivity index (χ2n) is 4.86. The van der Waals surface area contributed by atoms with E-state index in [1.54, 1.807) is 0 Å². The lowest BCUT2D eigenvalue weighted by molar-refractivity contribution is 0.215. The van der Waals surface area contributed by atoms with Crippen LogP contribution in [0.25, 0.3) is 0 Å². The first-order valence-electron chi connectivity index (χ1n) is 6.45. The second-order valence-corrected chi connectivity index (χ2v) is 4.86. The van der Waals surface area contributed by atoms with Gasteiger partial charge in [0.25, 0.3) is 0 Å². The van der Waals surface area contributed by atoms with E-state index >= 15 is 0 Å². The van der Waals surface area contributed by atoms with Gasteiger partial charge < -0.3 is 10.4 Å². The number of aliphatic hydroxyl groups excluding tert-OH is 1. The van der Waals surface area contributed by atoms with Gasteiger partial charge in [0, 0.05) is 18.7 Å². The molecule has 0 aromatic heterocycles. The summed E-state index contributed by atoms with van der Waals surface area (Å²) in [5.41, 5.74) is 0.938. The van der Waals surface area contributed by atoms with Crippen LogP contribution in [0.2, 0.25) is 0 Å². The number of nitrogens with one attached hydrogen (secondary N) is 1. The zero-order chi connectivity index (χ0) is 13.4. The lowest BCUT2D eigenvalue weighted by atomic mass is 9.93. The van der Waals surface area contributed by atoms with Crippen LogP contribution in [0, 0.1) is 11.3 Å². The normalized spacial score (nSPS) is 15.7. The van der Waals surface area contributed by atoms with Crippen LogP contribution in [0.5, 0.6) is 0 Å². The van der Waals surface area contributed by atoms with Crippen LogP contribution in [-0.2, 0) is 0 Å². The molecule has 0 heterocycles. The molecular weight excluding hydrogens is 224 g/mol. The fourth-order valence-electron chi connectivity index (χ4n) is 1.91. The summed E-state index contributed by atoms with van der Waals surface area (Å²) in [5, 5.41) is 21.7. The summed E-state index contributed by atoms with van der Waals surface area (Å²) in [6, 6.07) is 12.1. The largest absolute Gasteiger partial charge is 0.396 e.